The number of hydrogen-bond acceptors (Lipinski definition) is 4. The summed E-state index contributed by atoms with van der Waals surface area (Å²) in [5, 5.41) is 0. The van der Waals surface area contributed by atoms with Crippen LogP contribution in [0.25, 0.3) is 4.83 Å². The molecule has 0 radical (unpaired) electrons. The topological polar surface area (TPSA) is 56.4 Å². The molecule has 0 aliphatic rings. The average Bonchev–Trinajstić information content (AvgIpc) is 3.16. The Hall–Kier alpha value is -3.43. The zero-order chi connectivity index (χ0) is 19.5. The van der Waals surface area contributed by atoms with E-state index in [2.05, 4.69) is 16.8 Å². The van der Waals surface area contributed by atoms with Gasteiger partial charge < -0.3 is 0 Å². The maximum atomic E-state index is 12.9. The maximum Gasteiger partial charge on any atom is 0.336 e. The molecule has 0 bridgehead atoms. The highest BCUT2D eigenvalue weighted by Crippen LogP contribution is 2.17. The molecule has 0 aliphatic carbocycles. The Morgan fingerprint density at radius 1 is 1.04 bits per heavy atom. The first-order valence-corrected chi connectivity index (χ1v) is 9.62. The van der Waals surface area contributed by atoms with Gasteiger partial charge in [-0.3, -0.25) is 18.7 Å². The normalized spacial score (nSPS) is 10.6. The van der Waals surface area contributed by atoms with Crippen molar-refractivity contribution in [3.8, 4) is 11.8 Å². The molecule has 0 aliphatic heterocycles. The molecule has 1 aromatic carbocycles. The molecule has 0 saturated heterocycles. The standard InChI is InChI=1S/C22H17N3O2S/c1-16-20(26)24(14-18-6-3-2-4-7-18)22(27)25-15-19(28-21(16)25)9-5-8-17-10-12-23-13-11-17/h2-4,6-7,10-13,15H,8,14H2,1H3. The number of benzene rings is 1. The summed E-state index contributed by atoms with van der Waals surface area (Å²) >= 11 is 1.37. The van der Waals surface area contributed by atoms with Gasteiger partial charge in [-0.15, -0.1) is 11.3 Å². The van der Waals surface area contributed by atoms with Gasteiger partial charge in [-0.1, -0.05) is 42.2 Å². The van der Waals surface area contributed by atoms with E-state index in [1.54, 1.807) is 25.5 Å². The van der Waals surface area contributed by atoms with Gasteiger partial charge in [-0.05, 0) is 30.2 Å². The van der Waals surface area contributed by atoms with Crippen molar-refractivity contribution < 1.29 is 0 Å². The highest BCUT2D eigenvalue weighted by atomic mass is 32.1. The molecule has 3 aromatic heterocycles. The molecular formula is C22H17N3O2S. The van der Waals surface area contributed by atoms with Crippen LogP contribution >= 0.6 is 11.3 Å². The Bertz CT molecular complexity index is 1310. The summed E-state index contributed by atoms with van der Waals surface area (Å²) in [7, 11) is 0. The predicted molar refractivity (Wildman–Crippen MR) is 111 cm³/mol. The Morgan fingerprint density at radius 2 is 1.79 bits per heavy atom. The second kappa shape index (κ2) is 7.67. The lowest BCUT2D eigenvalue weighted by Gasteiger charge is -2.07. The Balaban J connectivity index is 1.72. The van der Waals surface area contributed by atoms with Crippen molar-refractivity contribution in [1.29, 1.82) is 0 Å². The van der Waals surface area contributed by atoms with Gasteiger partial charge in [0.2, 0.25) is 0 Å². The minimum atomic E-state index is -0.340. The van der Waals surface area contributed by atoms with Gasteiger partial charge in [-0.25, -0.2) is 4.79 Å². The zero-order valence-electron chi connectivity index (χ0n) is 15.3. The molecule has 0 saturated carbocycles. The maximum absolute atomic E-state index is 12.9. The zero-order valence-corrected chi connectivity index (χ0v) is 16.1. The van der Waals surface area contributed by atoms with E-state index in [0.29, 0.717) is 16.8 Å². The fourth-order valence-corrected chi connectivity index (χ4v) is 3.92. The van der Waals surface area contributed by atoms with Crippen molar-refractivity contribution >= 4 is 16.2 Å². The van der Waals surface area contributed by atoms with Crippen LogP contribution in [-0.2, 0) is 13.0 Å². The van der Waals surface area contributed by atoms with E-state index in [-0.39, 0.29) is 17.8 Å². The van der Waals surface area contributed by atoms with Gasteiger partial charge in [0.25, 0.3) is 5.56 Å². The third kappa shape index (κ3) is 3.53. The van der Waals surface area contributed by atoms with Crippen molar-refractivity contribution in [1.82, 2.24) is 14.0 Å². The van der Waals surface area contributed by atoms with E-state index in [4.69, 9.17) is 0 Å². The van der Waals surface area contributed by atoms with Crippen LogP contribution < -0.4 is 11.2 Å². The summed E-state index contributed by atoms with van der Waals surface area (Å²) in [6, 6.07) is 13.3. The largest absolute Gasteiger partial charge is 0.336 e. The number of nitrogens with zero attached hydrogens (tertiary/aromatic N) is 3. The summed E-state index contributed by atoms with van der Waals surface area (Å²) in [6.07, 6.45) is 5.79. The lowest BCUT2D eigenvalue weighted by molar-refractivity contribution is 0.683. The molecule has 4 rings (SSSR count). The second-order valence-electron chi connectivity index (χ2n) is 6.39. The van der Waals surface area contributed by atoms with Crippen LogP contribution in [0, 0.1) is 18.8 Å². The lowest BCUT2D eigenvalue weighted by Crippen LogP contribution is -2.38. The van der Waals surface area contributed by atoms with Crippen LogP contribution in [0.3, 0.4) is 0 Å². The van der Waals surface area contributed by atoms with Crippen molar-refractivity contribution in [2.24, 2.45) is 0 Å². The van der Waals surface area contributed by atoms with E-state index in [1.165, 1.54) is 20.3 Å². The van der Waals surface area contributed by atoms with E-state index in [1.807, 2.05) is 42.5 Å². The molecule has 5 nitrogen and oxygen atoms in total. The first kappa shape index (κ1) is 18.0. The smallest absolute Gasteiger partial charge is 0.269 e. The lowest BCUT2D eigenvalue weighted by atomic mass is 10.2. The van der Waals surface area contributed by atoms with Gasteiger partial charge in [0, 0.05) is 30.6 Å². The van der Waals surface area contributed by atoms with Gasteiger partial charge >= 0.3 is 5.69 Å². The SMILES string of the molecule is Cc1c(=O)n(Cc2ccccc2)c(=O)n2cc(C#CCc3ccncc3)sc12. The Kier molecular flexibility index (Phi) is 4.92. The monoisotopic (exact) mass is 387 g/mol. The number of rotatable bonds is 3. The van der Waals surface area contributed by atoms with Crippen LogP contribution in [0.2, 0.25) is 0 Å². The number of hydrogen-bond donors (Lipinski definition) is 0. The van der Waals surface area contributed by atoms with Crippen molar-refractivity contribution in [2.75, 3.05) is 0 Å². The summed E-state index contributed by atoms with van der Waals surface area (Å²) < 4.78 is 2.80. The second-order valence-corrected chi connectivity index (χ2v) is 7.42. The van der Waals surface area contributed by atoms with E-state index in [0.717, 1.165) is 16.0 Å². The Labute approximate surface area is 165 Å². The molecule has 3 heterocycles. The van der Waals surface area contributed by atoms with Crippen LogP contribution in [-0.4, -0.2) is 14.0 Å². The van der Waals surface area contributed by atoms with Gasteiger partial charge in [0.15, 0.2) is 0 Å². The molecule has 0 N–H and O–H groups in total. The Morgan fingerprint density at radius 3 is 2.54 bits per heavy atom. The number of thiazole rings is 1. The highest BCUT2D eigenvalue weighted by molar-refractivity contribution is 7.18. The fourth-order valence-electron chi connectivity index (χ4n) is 2.96. The molecule has 28 heavy (non-hydrogen) atoms. The summed E-state index contributed by atoms with van der Waals surface area (Å²) in [4.78, 5) is 31.0. The minimum Gasteiger partial charge on any atom is -0.269 e. The molecule has 4 aromatic rings. The first-order chi connectivity index (χ1) is 13.6. The van der Waals surface area contributed by atoms with Gasteiger partial charge in [0.1, 0.15) is 4.83 Å². The molecule has 0 amide bonds. The quantitative estimate of drug-likeness (QED) is 0.508. The number of pyridine rings is 1. The van der Waals surface area contributed by atoms with Crippen molar-refractivity contribution in [2.45, 2.75) is 19.9 Å². The molecule has 6 heteroatoms. The van der Waals surface area contributed by atoms with Gasteiger partial charge in [-0.2, -0.15) is 0 Å². The van der Waals surface area contributed by atoms with Crippen LogP contribution in [0.5, 0.6) is 0 Å². The predicted octanol–water partition coefficient (Wildman–Crippen LogP) is 2.87. The number of aryl methyl sites for hydroxylation is 1. The molecule has 0 fully saturated rings. The van der Waals surface area contributed by atoms with E-state index >= 15 is 0 Å². The summed E-state index contributed by atoms with van der Waals surface area (Å²) in [5.74, 6) is 6.22. The van der Waals surface area contributed by atoms with Gasteiger partial charge in [0.05, 0.1) is 11.4 Å². The molecule has 138 valence electrons. The van der Waals surface area contributed by atoms with Crippen LogP contribution in [0.1, 0.15) is 21.6 Å². The molecular weight excluding hydrogens is 370 g/mol. The molecule has 0 spiro atoms. The third-order valence-corrected chi connectivity index (χ3v) is 5.56. The number of fused-ring (bicyclic) bond motifs is 1. The average molecular weight is 387 g/mol. The van der Waals surface area contributed by atoms with Crippen molar-refractivity contribution in [3.05, 3.63) is 103 Å². The van der Waals surface area contributed by atoms with Crippen LogP contribution in [0.15, 0.2) is 70.6 Å². The minimum absolute atomic E-state index is 0.251. The summed E-state index contributed by atoms with van der Waals surface area (Å²) in [5.41, 5.74) is 1.95. The summed E-state index contributed by atoms with van der Waals surface area (Å²) in [6.45, 7) is 2.00. The number of aromatic nitrogens is 3. The first-order valence-electron chi connectivity index (χ1n) is 8.81. The van der Waals surface area contributed by atoms with Crippen LogP contribution in [0.4, 0.5) is 0 Å². The molecule has 0 atom stereocenters. The third-order valence-electron chi connectivity index (χ3n) is 4.43. The van der Waals surface area contributed by atoms with E-state index in [9.17, 15) is 9.59 Å². The highest BCUT2D eigenvalue weighted by Gasteiger charge is 2.14. The fraction of sp³-hybridized carbons (Fsp3) is 0.136. The van der Waals surface area contributed by atoms with E-state index < -0.39 is 0 Å². The van der Waals surface area contributed by atoms with Crippen molar-refractivity contribution in [3.63, 3.8) is 0 Å². The molecule has 0 unspecified atom stereocenters.